The van der Waals surface area contributed by atoms with Crippen LogP contribution in [-0.4, -0.2) is 73.0 Å². The quantitative estimate of drug-likeness (QED) is 0.300. The fraction of sp³-hybridized carbons (Fsp3) is 0.778. The summed E-state index contributed by atoms with van der Waals surface area (Å²) in [5, 5.41) is 16.1. The minimum absolute atomic E-state index is 0. The first-order chi connectivity index (χ1) is 12.1. The average Bonchev–Trinajstić information content (AvgIpc) is 2.51. The molecule has 0 saturated heterocycles. The van der Waals surface area contributed by atoms with E-state index in [0.29, 0.717) is 13.2 Å². The third-order valence-corrected chi connectivity index (χ3v) is 1.47. The molecule has 0 aromatic heterocycles. The van der Waals surface area contributed by atoms with E-state index < -0.39 is 0 Å². The predicted octanol–water partition coefficient (Wildman–Crippen LogP) is 0.955. The van der Waals surface area contributed by atoms with Crippen LogP contribution >= 0.6 is 0 Å². The summed E-state index contributed by atoms with van der Waals surface area (Å²) in [5.74, 6) is -0.432. The average molecular weight is 426 g/mol. The third-order valence-electron chi connectivity index (χ3n) is 1.47. The van der Waals surface area contributed by atoms with Crippen molar-refractivity contribution in [3.63, 3.8) is 0 Å². The number of aliphatic hydroxyl groups excluding tert-OH is 2. The summed E-state index contributed by atoms with van der Waals surface area (Å²) in [6.07, 6.45) is 2.35. The van der Waals surface area contributed by atoms with Gasteiger partial charge in [-0.05, 0) is 41.5 Å². The summed E-state index contributed by atoms with van der Waals surface area (Å²) in [4.78, 5) is 40.0. The van der Waals surface area contributed by atoms with Gasteiger partial charge < -0.3 is 29.3 Å². The Hall–Kier alpha value is -0.766. The Balaban J connectivity index is -0.0000000843. The standard InChI is InChI=1S/2C6H9O3.2C3H8O.Ti/c2*1-2-9-5-6(8)3-4-7;2*1-3(2)4;/h2*2-3,5H2,1H3;2*3-4H,1-2H3;/q2*-1;;;+2. The van der Waals surface area contributed by atoms with E-state index in [2.05, 4.69) is 0 Å². The molecule has 158 valence electrons. The zero-order chi connectivity index (χ0) is 21.4. The molecular weight excluding hydrogens is 392 g/mol. The van der Waals surface area contributed by atoms with Crippen LogP contribution in [0.2, 0.25) is 0 Å². The van der Waals surface area contributed by atoms with Crippen molar-refractivity contribution in [3.8, 4) is 0 Å². The topological polar surface area (TPSA) is 127 Å². The number of hydrogen-bond donors (Lipinski definition) is 2. The Kier molecular flexibility index (Phi) is 45.1. The molecule has 0 aromatic carbocycles. The van der Waals surface area contributed by atoms with Crippen molar-refractivity contribution >= 4 is 24.1 Å². The first kappa shape index (κ1) is 37.0. The molecule has 0 unspecified atom stereocenters. The second-order valence-corrected chi connectivity index (χ2v) is 5.18. The van der Waals surface area contributed by atoms with Crippen LogP contribution in [0.15, 0.2) is 0 Å². The van der Waals surface area contributed by atoms with Crippen LogP contribution in [-0.2, 0) is 50.4 Å². The van der Waals surface area contributed by atoms with Gasteiger partial charge in [0.2, 0.25) is 0 Å². The van der Waals surface area contributed by atoms with Gasteiger partial charge in [0.05, 0.1) is 0 Å². The maximum atomic E-state index is 10.4. The molecule has 0 aliphatic heterocycles. The Morgan fingerprint density at radius 3 is 1.15 bits per heavy atom. The zero-order valence-corrected chi connectivity index (χ0v) is 18.8. The van der Waals surface area contributed by atoms with Gasteiger partial charge in [-0.25, -0.2) is 0 Å². The molecule has 0 aliphatic rings. The Morgan fingerprint density at radius 2 is 1.00 bits per heavy atom. The predicted molar refractivity (Wildman–Crippen MR) is 98.3 cm³/mol. The van der Waals surface area contributed by atoms with Gasteiger partial charge in [-0.3, -0.25) is 22.2 Å². The van der Waals surface area contributed by atoms with Crippen molar-refractivity contribution in [1.29, 1.82) is 0 Å². The summed E-state index contributed by atoms with van der Waals surface area (Å²) in [6, 6.07) is 0. The summed E-state index contributed by atoms with van der Waals surface area (Å²) in [5.41, 5.74) is 0. The van der Waals surface area contributed by atoms with E-state index in [1.54, 1.807) is 41.5 Å². The first-order valence-corrected chi connectivity index (χ1v) is 8.33. The summed E-state index contributed by atoms with van der Waals surface area (Å²) in [7, 11) is 0. The van der Waals surface area contributed by atoms with E-state index >= 15 is 0 Å². The Labute approximate surface area is 177 Å². The third kappa shape index (κ3) is 77.8. The molecule has 0 fully saturated rings. The largest absolute Gasteiger partial charge is 2.00 e. The van der Waals surface area contributed by atoms with Crippen LogP contribution in [0.5, 0.6) is 0 Å². The molecule has 27 heavy (non-hydrogen) atoms. The molecule has 0 atom stereocenters. The second kappa shape index (κ2) is 32.9. The van der Waals surface area contributed by atoms with Gasteiger partial charge in [0, 0.05) is 25.4 Å². The van der Waals surface area contributed by atoms with Gasteiger partial charge in [0.25, 0.3) is 0 Å². The fourth-order valence-corrected chi connectivity index (χ4v) is 0.695. The Morgan fingerprint density at radius 1 is 0.778 bits per heavy atom. The van der Waals surface area contributed by atoms with Crippen molar-refractivity contribution in [1.82, 2.24) is 0 Å². The van der Waals surface area contributed by atoms with Crippen LogP contribution in [0, 0.1) is 0 Å². The van der Waals surface area contributed by atoms with Gasteiger partial charge in [-0.15, -0.1) is 0 Å². The summed E-state index contributed by atoms with van der Waals surface area (Å²) < 4.78 is 9.44. The van der Waals surface area contributed by atoms with Gasteiger partial charge in [0.15, 0.2) is 0 Å². The van der Waals surface area contributed by atoms with Crippen molar-refractivity contribution in [2.75, 3.05) is 26.4 Å². The van der Waals surface area contributed by atoms with Crippen LogP contribution < -0.4 is 0 Å². The van der Waals surface area contributed by atoms with Crippen LogP contribution in [0.3, 0.4) is 0 Å². The summed E-state index contributed by atoms with van der Waals surface area (Å²) >= 11 is 0. The van der Waals surface area contributed by atoms with Gasteiger partial charge >= 0.3 is 21.7 Å². The van der Waals surface area contributed by atoms with E-state index in [1.165, 1.54) is 12.6 Å². The molecule has 0 aliphatic carbocycles. The minimum Gasteiger partial charge on any atom is -0.541 e. The van der Waals surface area contributed by atoms with Gasteiger partial charge in [-0.1, -0.05) is 12.8 Å². The molecule has 0 rings (SSSR count). The molecule has 0 saturated carbocycles. The zero-order valence-electron chi connectivity index (χ0n) is 17.2. The first-order valence-electron chi connectivity index (χ1n) is 8.33. The molecule has 0 heterocycles. The number of Topliss-reactive ketones (excluding diaryl/α,β-unsaturated/α-hetero) is 2. The molecule has 0 spiro atoms. The van der Waals surface area contributed by atoms with Crippen LogP contribution in [0.1, 0.15) is 54.4 Å². The monoisotopic (exact) mass is 426 g/mol. The molecule has 0 bridgehead atoms. The van der Waals surface area contributed by atoms with Crippen molar-refractivity contribution < 1.29 is 60.6 Å². The molecule has 9 heteroatoms. The number of carbonyl (C=O) groups excluding carboxylic acids is 4. The number of rotatable bonds is 10. The SMILES string of the molecule is CC(C)O.CC(C)O.CCOCC(=O)C[C-]=O.CCOCC(=O)C[C-]=O.[Ti+2]. The van der Waals surface area contributed by atoms with Crippen LogP contribution in [0.4, 0.5) is 0 Å². The van der Waals surface area contributed by atoms with Crippen LogP contribution in [0.25, 0.3) is 0 Å². The van der Waals surface area contributed by atoms with E-state index in [0.717, 1.165) is 0 Å². The smallest absolute Gasteiger partial charge is 0.541 e. The van der Waals surface area contributed by atoms with Gasteiger partial charge in [0.1, 0.15) is 24.8 Å². The summed E-state index contributed by atoms with van der Waals surface area (Å²) in [6.45, 7) is 11.5. The van der Waals surface area contributed by atoms with Crippen molar-refractivity contribution in [2.45, 2.75) is 66.6 Å². The van der Waals surface area contributed by atoms with Crippen molar-refractivity contribution in [3.05, 3.63) is 0 Å². The van der Waals surface area contributed by atoms with E-state index in [4.69, 9.17) is 19.7 Å². The molecular formula is C18H34O8Ti. The van der Waals surface area contributed by atoms with Gasteiger partial charge in [-0.2, -0.15) is 0 Å². The number of ether oxygens (including phenoxy) is 2. The minimum atomic E-state index is -0.216. The van der Waals surface area contributed by atoms with Crippen molar-refractivity contribution in [2.24, 2.45) is 0 Å². The molecule has 2 N–H and O–H groups in total. The molecule has 0 amide bonds. The normalized spacial score (nSPS) is 8.67. The number of ketones is 2. The van der Waals surface area contributed by atoms with E-state index in [9.17, 15) is 19.2 Å². The maximum absolute atomic E-state index is 10.4. The number of hydrogen-bond acceptors (Lipinski definition) is 8. The number of carbonyl (C=O) groups is 2. The van der Waals surface area contributed by atoms with E-state index in [1.807, 2.05) is 0 Å². The Bertz CT molecular complexity index is 296. The van der Waals surface area contributed by atoms with E-state index in [-0.39, 0.29) is 71.5 Å². The molecule has 0 radical (unpaired) electrons. The molecule has 0 aromatic rings. The maximum Gasteiger partial charge on any atom is 2.00 e. The fourth-order valence-electron chi connectivity index (χ4n) is 0.695. The molecule has 8 nitrogen and oxygen atoms in total. The number of aliphatic hydroxyl groups is 2. The second-order valence-electron chi connectivity index (χ2n) is 5.18.